The summed E-state index contributed by atoms with van der Waals surface area (Å²) in [4.78, 5) is 50.2. The van der Waals surface area contributed by atoms with Gasteiger partial charge in [-0.2, -0.15) is 0 Å². The second-order valence-electron chi connectivity index (χ2n) is 8.20. The Morgan fingerprint density at radius 3 is 2.32 bits per heavy atom. The fourth-order valence-electron chi connectivity index (χ4n) is 4.33. The topological polar surface area (TPSA) is 116 Å². The smallest absolute Gasteiger partial charge is 0.407 e. The summed E-state index contributed by atoms with van der Waals surface area (Å²) in [6, 6.07) is 14.9. The standard InChI is InChI=1S/C25H25N3O6/c1-27-13-21(24(31)32)28(14-23(27)30)22(29)11-6-12-26-25(33)34-15-20-18-9-4-2-7-16(18)17-8-3-5-10-19(17)20/h2-11,20-21H,12-15H2,1H3,(H,26,33)(H,31,32)/b11-6+. The number of aliphatic carboxylic acids is 1. The molecule has 0 spiro atoms. The Morgan fingerprint density at radius 2 is 1.71 bits per heavy atom. The first kappa shape index (κ1) is 23.0. The molecule has 2 N–H and O–H groups in total. The van der Waals surface area contributed by atoms with Crippen LogP contribution in [0.25, 0.3) is 11.1 Å². The van der Waals surface area contributed by atoms with E-state index in [2.05, 4.69) is 17.4 Å². The number of rotatable bonds is 6. The van der Waals surface area contributed by atoms with Gasteiger partial charge in [0.1, 0.15) is 19.2 Å². The third kappa shape index (κ3) is 4.63. The van der Waals surface area contributed by atoms with Crippen LogP contribution in [0.1, 0.15) is 17.0 Å². The maximum atomic E-state index is 12.4. The molecule has 4 rings (SSSR count). The molecular formula is C25H25N3O6. The van der Waals surface area contributed by atoms with E-state index in [9.17, 15) is 24.3 Å². The first-order chi connectivity index (χ1) is 16.4. The van der Waals surface area contributed by atoms with E-state index in [1.807, 2.05) is 36.4 Å². The van der Waals surface area contributed by atoms with Crippen molar-refractivity contribution in [3.05, 3.63) is 71.8 Å². The lowest BCUT2D eigenvalue weighted by Crippen LogP contribution is -2.59. The number of carboxylic acid groups (broad SMARTS) is 1. The normalized spacial score (nSPS) is 17.4. The first-order valence-corrected chi connectivity index (χ1v) is 10.9. The van der Waals surface area contributed by atoms with Crippen molar-refractivity contribution in [2.24, 2.45) is 0 Å². The Bertz CT molecular complexity index is 1120. The maximum Gasteiger partial charge on any atom is 0.407 e. The van der Waals surface area contributed by atoms with Crippen molar-refractivity contribution in [3.8, 4) is 11.1 Å². The van der Waals surface area contributed by atoms with Gasteiger partial charge >= 0.3 is 12.1 Å². The second kappa shape index (κ2) is 9.78. The summed E-state index contributed by atoms with van der Waals surface area (Å²) in [5, 5.41) is 11.9. The fourth-order valence-corrected chi connectivity index (χ4v) is 4.33. The number of piperazine rings is 1. The Labute approximate surface area is 196 Å². The summed E-state index contributed by atoms with van der Waals surface area (Å²) >= 11 is 0. The van der Waals surface area contributed by atoms with Gasteiger partial charge in [-0.05, 0) is 22.3 Å². The van der Waals surface area contributed by atoms with Crippen LogP contribution in [-0.2, 0) is 19.1 Å². The molecule has 0 saturated carbocycles. The lowest BCUT2D eigenvalue weighted by atomic mass is 9.98. The SMILES string of the molecule is CN1CC(C(=O)O)N(C(=O)/C=C/CNC(=O)OCC2c3ccccc3-c3ccccc32)CC1=O. The van der Waals surface area contributed by atoms with Crippen LogP contribution in [0.2, 0.25) is 0 Å². The zero-order valence-electron chi connectivity index (χ0n) is 18.6. The Morgan fingerprint density at radius 1 is 1.09 bits per heavy atom. The highest BCUT2D eigenvalue weighted by molar-refractivity contribution is 5.96. The predicted octanol–water partition coefficient (Wildman–Crippen LogP) is 1.84. The molecular weight excluding hydrogens is 438 g/mol. The van der Waals surface area contributed by atoms with E-state index in [1.54, 1.807) is 0 Å². The molecule has 1 heterocycles. The number of nitrogens with zero attached hydrogens (tertiary/aromatic N) is 2. The Hall–Kier alpha value is -4.14. The van der Waals surface area contributed by atoms with Crippen LogP contribution < -0.4 is 5.32 Å². The molecule has 3 amide bonds. The van der Waals surface area contributed by atoms with Crippen LogP contribution in [0.5, 0.6) is 0 Å². The minimum absolute atomic E-state index is 0.0157. The second-order valence-corrected chi connectivity index (χ2v) is 8.20. The third-order valence-corrected chi connectivity index (χ3v) is 6.09. The highest BCUT2D eigenvalue weighted by atomic mass is 16.5. The molecule has 1 unspecified atom stereocenters. The molecule has 1 saturated heterocycles. The number of carbonyl (C=O) groups excluding carboxylic acids is 3. The van der Waals surface area contributed by atoms with Gasteiger partial charge in [-0.15, -0.1) is 0 Å². The van der Waals surface area contributed by atoms with Crippen molar-refractivity contribution < 1.29 is 29.0 Å². The van der Waals surface area contributed by atoms with Gasteiger partial charge in [0.15, 0.2) is 0 Å². The van der Waals surface area contributed by atoms with Crippen LogP contribution in [0.4, 0.5) is 4.79 Å². The number of carboxylic acids is 1. The van der Waals surface area contributed by atoms with Crippen molar-refractivity contribution in [3.63, 3.8) is 0 Å². The number of hydrogen-bond donors (Lipinski definition) is 2. The molecule has 1 aliphatic carbocycles. The number of nitrogens with one attached hydrogen (secondary N) is 1. The molecule has 0 aromatic heterocycles. The minimum Gasteiger partial charge on any atom is -0.480 e. The number of ether oxygens (including phenoxy) is 1. The monoisotopic (exact) mass is 463 g/mol. The van der Waals surface area contributed by atoms with Crippen molar-refractivity contribution in [1.82, 2.24) is 15.1 Å². The van der Waals surface area contributed by atoms with Crippen LogP contribution in [0.3, 0.4) is 0 Å². The number of benzene rings is 2. The Kier molecular flexibility index (Phi) is 6.62. The van der Waals surface area contributed by atoms with E-state index in [0.717, 1.165) is 33.2 Å². The van der Waals surface area contributed by atoms with E-state index < -0.39 is 24.0 Å². The molecule has 0 bridgehead atoms. The lowest BCUT2D eigenvalue weighted by Gasteiger charge is -2.36. The molecule has 1 aliphatic heterocycles. The van der Waals surface area contributed by atoms with Crippen molar-refractivity contribution >= 4 is 23.9 Å². The van der Waals surface area contributed by atoms with Crippen molar-refractivity contribution in [2.45, 2.75) is 12.0 Å². The number of fused-ring (bicyclic) bond motifs is 3. The largest absolute Gasteiger partial charge is 0.480 e. The number of alkyl carbamates (subject to hydrolysis) is 1. The van der Waals surface area contributed by atoms with E-state index in [0.29, 0.717) is 0 Å². The van der Waals surface area contributed by atoms with Gasteiger partial charge in [-0.1, -0.05) is 54.6 Å². The lowest BCUT2D eigenvalue weighted by molar-refractivity contribution is -0.156. The summed E-state index contributed by atoms with van der Waals surface area (Å²) in [6.45, 7) is -0.198. The molecule has 2 aromatic carbocycles. The zero-order chi connectivity index (χ0) is 24.2. The van der Waals surface area contributed by atoms with E-state index >= 15 is 0 Å². The van der Waals surface area contributed by atoms with Gasteiger partial charge in [-0.3, -0.25) is 9.59 Å². The zero-order valence-corrected chi connectivity index (χ0v) is 18.6. The van der Waals surface area contributed by atoms with Crippen LogP contribution >= 0.6 is 0 Å². The summed E-state index contributed by atoms with van der Waals surface area (Å²) < 4.78 is 5.43. The van der Waals surface area contributed by atoms with E-state index in [1.165, 1.54) is 18.0 Å². The van der Waals surface area contributed by atoms with Gasteiger partial charge in [0.2, 0.25) is 11.8 Å². The quantitative estimate of drug-likeness (QED) is 0.632. The number of hydrogen-bond acceptors (Lipinski definition) is 5. The van der Waals surface area contributed by atoms with Crippen LogP contribution in [-0.4, -0.2) is 78.1 Å². The van der Waals surface area contributed by atoms with Crippen LogP contribution in [0.15, 0.2) is 60.7 Å². The summed E-state index contributed by atoms with van der Waals surface area (Å²) in [6.07, 6.45) is 1.92. The summed E-state index contributed by atoms with van der Waals surface area (Å²) in [5.74, 6) is -2.19. The average Bonchev–Trinajstić information content (AvgIpc) is 3.15. The highest BCUT2D eigenvalue weighted by Crippen LogP contribution is 2.44. The van der Waals surface area contributed by atoms with E-state index in [-0.39, 0.29) is 38.1 Å². The molecule has 0 radical (unpaired) electrons. The van der Waals surface area contributed by atoms with Gasteiger partial charge in [0.25, 0.3) is 0 Å². The molecule has 9 heteroatoms. The van der Waals surface area contributed by atoms with Gasteiger partial charge in [-0.25, -0.2) is 9.59 Å². The number of carbonyl (C=O) groups is 4. The third-order valence-electron chi connectivity index (χ3n) is 6.09. The number of likely N-dealkylation sites (N-methyl/N-ethyl adjacent to an activating group) is 1. The highest BCUT2D eigenvalue weighted by Gasteiger charge is 2.37. The van der Waals surface area contributed by atoms with E-state index in [4.69, 9.17) is 4.74 Å². The average molecular weight is 463 g/mol. The first-order valence-electron chi connectivity index (χ1n) is 10.9. The maximum absolute atomic E-state index is 12.4. The molecule has 176 valence electrons. The molecule has 34 heavy (non-hydrogen) atoms. The fraction of sp³-hybridized carbons (Fsp3) is 0.280. The Balaban J connectivity index is 1.29. The van der Waals surface area contributed by atoms with Crippen LogP contribution in [0, 0.1) is 0 Å². The molecule has 1 atom stereocenters. The summed E-state index contributed by atoms with van der Waals surface area (Å²) in [5.41, 5.74) is 4.49. The minimum atomic E-state index is -1.18. The van der Waals surface area contributed by atoms with Gasteiger partial charge < -0.3 is 25.0 Å². The van der Waals surface area contributed by atoms with Gasteiger partial charge in [0.05, 0.1) is 6.54 Å². The molecule has 2 aromatic rings. The molecule has 2 aliphatic rings. The summed E-state index contributed by atoms with van der Waals surface area (Å²) in [7, 11) is 1.49. The molecule has 9 nitrogen and oxygen atoms in total. The van der Waals surface area contributed by atoms with Crippen molar-refractivity contribution in [2.75, 3.05) is 33.3 Å². The van der Waals surface area contributed by atoms with Crippen molar-refractivity contribution in [1.29, 1.82) is 0 Å². The molecule has 1 fully saturated rings. The number of amides is 3. The van der Waals surface area contributed by atoms with Gasteiger partial charge in [0, 0.05) is 25.6 Å². The predicted molar refractivity (Wildman–Crippen MR) is 123 cm³/mol.